The maximum Gasteiger partial charge on any atom is 0.320 e. The fraction of sp³-hybridized carbons (Fsp3) is 0.667. The van der Waals surface area contributed by atoms with E-state index < -0.39 is 7.14 Å². The van der Waals surface area contributed by atoms with Gasteiger partial charge in [0.25, 0.3) is 0 Å². The van der Waals surface area contributed by atoms with Crippen LogP contribution in [0.2, 0.25) is 0 Å². The van der Waals surface area contributed by atoms with E-state index in [1.54, 1.807) is 19.4 Å². The Labute approximate surface area is 211 Å². The molecular weight excluding hydrogens is 476 g/mol. The molecule has 36 heavy (non-hydrogen) atoms. The molecule has 0 bridgehead atoms. The van der Waals surface area contributed by atoms with Crippen LogP contribution in [0.3, 0.4) is 0 Å². The number of aromatic nitrogens is 3. The molecule has 2 aromatic rings. The van der Waals surface area contributed by atoms with Gasteiger partial charge in [0.15, 0.2) is 5.82 Å². The standard InChI is InChI=1S/C27H35FN5O2P/c1-36(2,35)22-7-17(6-21(28)8-22)5-18-9-26(10-18)13-32(14-26)25(34)33-15-27(16-33)11-20(12-27)24-29-23(30-31-24)19-3-4-19/h6-8,18-20H,3-5,9-16H2,1-2H3,(H,29,30,31). The van der Waals surface area contributed by atoms with E-state index in [9.17, 15) is 13.8 Å². The molecule has 7 nitrogen and oxygen atoms in total. The van der Waals surface area contributed by atoms with Crippen molar-refractivity contribution >= 4 is 18.5 Å². The van der Waals surface area contributed by atoms with E-state index in [1.165, 1.54) is 18.9 Å². The predicted octanol–water partition coefficient (Wildman–Crippen LogP) is 4.32. The SMILES string of the molecule is CP(C)(=O)c1cc(F)cc(CC2CC3(C2)CN(C(=O)N2CC4(CC(c5n[nH]c(C6CC6)n5)C4)C2)C3)c1. The van der Waals surface area contributed by atoms with E-state index in [0.29, 0.717) is 23.1 Å². The molecule has 192 valence electrons. The van der Waals surface area contributed by atoms with Crippen LogP contribution in [0.25, 0.3) is 0 Å². The highest BCUT2D eigenvalue weighted by Crippen LogP contribution is 2.57. The Kier molecular flexibility index (Phi) is 4.88. The van der Waals surface area contributed by atoms with Crippen LogP contribution in [-0.4, -0.2) is 70.5 Å². The number of carbonyl (C=O) groups excluding carboxylic acids is 1. The fourth-order valence-corrected chi connectivity index (χ4v) is 8.31. The average Bonchev–Trinajstić information content (AvgIpc) is 3.43. The summed E-state index contributed by atoms with van der Waals surface area (Å²) in [5.41, 5.74) is 1.49. The molecule has 1 aromatic carbocycles. The monoisotopic (exact) mass is 511 g/mol. The molecule has 0 atom stereocenters. The van der Waals surface area contributed by atoms with E-state index in [1.807, 2.05) is 15.9 Å². The highest BCUT2D eigenvalue weighted by molar-refractivity contribution is 7.70. The number of amides is 2. The Morgan fingerprint density at radius 1 is 1.03 bits per heavy atom. The molecule has 3 saturated carbocycles. The van der Waals surface area contributed by atoms with Crippen molar-refractivity contribution in [3.63, 3.8) is 0 Å². The first kappa shape index (κ1) is 22.9. The number of urea groups is 1. The lowest BCUT2D eigenvalue weighted by Crippen LogP contribution is -2.70. The highest BCUT2D eigenvalue weighted by atomic mass is 31.2. The molecule has 2 spiro atoms. The average molecular weight is 512 g/mol. The van der Waals surface area contributed by atoms with Crippen molar-refractivity contribution in [1.29, 1.82) is 0 Å². The van der Waals surface area contributed by atoms with Gasteiger partial charge in [0.1, 0.15) is 18.8 Å². The second-order valence-corrected chi connectivity index (χ2v) is 16.3. The Balaban J connectivity index is 0.860. The molecular formula is C27H35FN5O2P. The Morgan fingerprint density at radius 3 is 2.28 bits per heavy atom. The second kappa shape index (κ2) is 7.66. The number of nitrogens with zero attached hydrogens (tertiary/aromatic N) is 4. The van der Waals surface area contributed by atoms with Crippen LogP contribution in [-0.2, 0) is 11.0 Å². The molecule has 7 rings (SSSR count). The summed E-state index contributed by atoms with van der Waals surface area (Å²) in [6, 6.07) is 5.11. The normalized spacial score (nSPS) is 24.9. The number of aromatic amines is 1. The Hall–Kier alpha value is -2.21. The fourth-order valence-electron chi connectivity index (χ4n) is 7.40. The molecule has 2 amide bonds. The van der Waals surface area contributed by atoms with Crippen LogP contribution >= 0.6 is 7.14 Å². The minimum atomic E-state index is -2.48. The summed E-state index contributed by atoms with van der Waals surface area (Å²) in [4.78, 5) is 21.8. The molecule has 0 radical (unpaired) electrons. The van der Waals surface area contributed by atoms with Gasteiger partial charge in [-0.1, -0.05) is 0 Å². The van der Waals surface area contributed by atoms with Gasteiger partial charge in [-0.15, -0.1) is 0 Å². The van der Waals surface area contributed by atoms with Crippen LogP contribution in [0.4, 0.5) is 9.18 Å². The van der Waals surface area contributed by atoms with Crippen LogP contribution in [0.5, 0.6) is 0 Å². The van der Waals surface area contributed by atoms with E-state index in [0.717, 1.165) is 75.5 Å². The number of carbonyl (C=O) groups is 1. The third-order valence-electron chi connectivity index (χ3n) is 9.39. The Morgan fingerprint density at radius 2 is 1.67 bits per heavy atom. The molecule has 0 unspecified atom stereocenters. The molecule has 9 heteroatoms. The van der Waals surface area contributed by atoms with Gasteiger partial charge in [-0.3, -0.25) is 5.10 Å². The molecule has 5 aliphatic rings. The third-order valence-corrected chi connectivity index (χ3v) is 10.9. The lowest BCUT2D eigenvalue weighted by atomic mass is 9.56. The largest absolute Gasteiger partial charge is 0.323 e. The van der Waals surface area contributed by atoms with Gasteiger partial charge in [-0.2, -0.15) is 5.10 Å². The van der Waals surface area contributed by atoms with Crippen molar-refractivity contribution in [2.45, 2.75) is 56.8 Å². The van der Waals surface area contributed by atoms with Gasteiger partial charge < -0.3 is 14.4 Å². The molecule has 3 heterocycles. The zero-order valence-electron chi connectivity index (χ0n) is 21.2. The van der Waals surface area contributed by atoms with Crippen molar-refractivity contribution in [3.05, 3.63) is 41.2 Å². The summed E-state index contributed by atoms with van der Waals surface area (Å²) in [6.45, 7) is 6.82. The highest BCUT2D eigenvalue weighted by Gasteiger charge is 2.58. The van der Waals surface area contributed by atoms with Crippen molar-refractivity contribution in [2.75, 3.05) is 39.5 Å². The van der Waals surface area contributed by atoms with Crippen molar-refractivity contribution < 1.29 is 13.8 Å². The molecule has 1 N–H and O–H groups in total. The quantitative estimate of drug-likeness (QED) is 0.606. The van der Waals surface area contributed by atoms with Gasteiger partial charge in [-0.25, -0.2) is 14.2 Å². The molecule has 3 aliphatic carbocycles. The zero-order chi connectivity index (χ0) is 24.9. The molecule has 2 saturated heterocycles. The van der Waals surface area contributed by atoms with Crippen LogP contribution in [0, 0.1) is 22.6 Å². The summed E-state index contributed by atoms with van der Waals surface area (Å²) in [7, 11) is -2.48. The zero-order valence-corrected chi connectivity index (χ0v) is 22.1. The predicted molar refractivity (Wildman–Crippen MR) is 136 cm³/mol. The lowest BCUT2D eigenvalue weighted by Gasteiger charge is -2.63. The summed E-state index contributed by atoms with van der Waals surface area (Å²) >= 11 is 0. The molecule has 5 fully saturated rings. The van der Waals surface area contributed by atoms with Gasteiger partial charge in [0.2, 0.25) is 0 Å². The third kappa shape index (κ3) is 3.91. The first-order valence-electron chi connectivity index (χ1n) is 13.4. The number of H-pyrrole nitrogens is 1. The second-order valence-electron chi connectivity index (χ2n) is 13.1. The number of hydrogen-bond donors (Lipinski definition) is 1. The maximum absolute atomic E-state index is 14.1. The van der Waals surface area contributed by atoms with Crippen molar-refractivity contribution in [2.24, 2.45) is 16.7 Å². The van der Waals surface area contributed by atoms with Gasteiger partial charge in [0, 0.05) is 54.1 Å². The minimum absolute atomic E-state index is 0.198. The van der Waals surface area contributed by atoms with Crippen molar-refractivity contribution in [1.82, 2.24) is 25.0 Å². The number of likely N-dealkylation sites (tertiary alicyclic amines) is 2. The van der Waals surface area contributed by atoms with Crippen LogP contribution < -0.4 is 5.30 Å². The topological polar surface area (TPSA) is 82.2 Å². The summed E-state index contributed by atoms with van der Waals surface area (Å²) in [6.07, 6.45) is 7.65. The minimum Gasteiger partial charge on any atom is -0.323 e. The van der Waals surface area contributed by atoms with Crippen LogP contribution in [0.1, 0.15) is 67.6 Å². The number of nitrogens with one attached hydrogen (secondary N) is 1. The van der Waals surface area contributed by atoms with Gasteiger partial charge in [0.05, 0.1) is 0 Å². The Bertz CT molecular complexity index is 1250. The number of hydrogen-bond acceptors (Lipinski definition) is 4. The van der Waals surface area contributed by atoms with E-state index in [-0.39, 0.29) is 22.7 Å². The van der Waals surface area contributed by atoms with Gasteiger partial charge in [-0.05, 0) is 88.0 Å². The maximum atomic E-state index is 14.1. The number of benzene rings is 1. The summed E-state index contributed by atoms with van der Waals surface area (Å²) < 4.78 is 26.4. The van der Waals surface area contributed by atoms with E-state index in [4.69, 9.17) is 4.98 Å². The molecule has 2 aliphatic heterocycles. The van der Waals surface area contributed by atoms with Crippen molar-refractivity contribution in [3.8, 4) is 0 Å². The lowest BCUT2D eigenvalue weighted by molar-refractivity contribution is -0.100. The van der Waals surface area contributed by atoms with E-state index in [2.05, 4.69) is 10.2 Å². The smallest absolute Gasteiger partial charge is 0.320 e. The first-order chi connectivity index (χ1) is 17.1. The molecule has 1 aromatic heterocycles. The summed E-state index contributed by atoms with van der Waals surface area (Å²) in [5, 5.41) is 8.20. The number of halogens is 1. The van der Waals surface area contributed by atoms with E-state index >= 15 is 0 Å². The number of rotatable bonds is 5. The van der Waals surface area contributed by atoms with Crippen LogP contribution in [0.15, 0.2) is 18.2 Å². The summed E-state index contributed by atoms with van der Waals surface area (Å²) in [5.74, 6) is 3.31. The first-order valence-corrected chi connectivity index (χ1v) is 16.0. The van der Waals surface area contributed by atoms with Gasteiger partial charge >= 0.3 is 6.03 Å².